The lowest BCUT2D eigenvalue weighted by Gasteiger charge is -2.33. The SMILES string of the molecule is N#Cc1cccc(C(=O)N[C@@H]2CCCN(c3cc(-c4ccc(Cl)cc4)[nH]n3)C2)c1. The van der Waals surface area contributed by atoms with Crippen LogP contribution in [0.2, 0.25) is 5.02 Å². The molecule has 3 aromatic rings. The Balaban J connectivity index is 1.42. The molecule has 0 unspecified atom stereocenters. The Labute approximate surface area is 174 Å². The van der Waals surface area contributed by atoms with E-state index in [0.29, 0.717) is 22.7 Å². The molecular weight excluding hydrogens is 386 g/mol. The highest BCUT2D eigenvalue weighted by atomic mass is 35.5. The topological polar surface area (TPSA) is 84.8 Å². The first kappa shape index (κ1) is 19.0. The number of nitrogens with one attached hydrogen (secondary N) is 2. The first-order valence-corrected chi connectivity index (χ1v) is 9.87. The van der Waals surface area contributed by atoms with Gasteiger partial charge >= 0.3 is 0 Å². The summed E-state index contributed by atoms with van der Waals surface area (Å²) >= 11 is 5.96. The summed E-state index contributed by atoms with van der Waals surface area (Å²) in [6.45, 7) is 1.58. The van der Waals surface area contributed by atoms with E-state index in [2.05, 4.69) is 26.5 Å². The van der Waals surface area contributed by atoms with Crippen LogP contribution in [0.15, 0.2) is 54.6 Å². The molecule has 1 aliphatic rings. The maximum atomic E-state index is 12.6. The minimum absolute atomic E-state index is 0.0256. The summed E-state index contributed by atoms with van der Waals surface area (Å²) in [5.41, 5.74) is 2.93. The fraction of sp³-hybridized carbons (Fsp3) is 0.227. The average Bonchev–Trinajstić information content (AvgIpc) is 3.25. The van der Waals surface area contributed by atoms with E-state index in [9.17, 15) is 4.79 Å². The van der Waals surface area contributed by atoms with Crippen LogP contribution >= 0.6 is 11.6 Å². The standard InChI is InChI=1S/C22H20ClN5O/c23-18-8-6-16(7-9-18)20-12-21(27-26-20)28-10-2-5-19(14-28)25-22(29)17-4-1-3-15(11-17)13-24/h1,3-4,6-9,11-12,19H,2,5,10,14H2,(H,25,29)(H,26,27)/t19-/m1/s1. The van der Waals surface area contributed by atoms with Crippen molar-refractivity contribution in [2.75, 3.05) is 18.0 Å². The summed E-state index contributed by atoms with van der Waals surface area (Å²) in [7, 11) is 0. The van der Waals surface area contributed by atoms with Gasteiger partial charge in [0.25, 0.3) is 5.91 Å². The van der Waals surface area contributed by atoms with Crippen LogP contribution in [0.5, 0.6) is 0 Å². The lowest BCUT2D eigenvalue weighted by atomic mass is 10.0. The lowest BCUT2D eigenvalue weighted by Crippen LogP contribution is -2.48. The quantitative estimate of drug-likeness (QED) is 0.687. The van der Waals surface area contributed by atoms with Gasteiger partial charge in [-0.25, -0.2) is 0 Å². The molecule has 0 bridgehead atoms. The zero-order valence-electron chi connectivity index (χ0n) is 15.7. The van der Waals surface area contributed by atoms with Crippen molar-refractivity contribution in [2.45, 2.75) is 18.9 Å². The zero-order chi connectivity index (χ0) is 20.2. The molecule has 2 N–H and O–H groups in total. The fourth-order valence-electron chi connectivity index (χ4n) is 3.55. The van der Waals surface area contributed by atoms with E-state index in [1.165, 1.54) is 0 Å². The molecule has 29 heavy (non-hydrogen) atoms. The predicted molar refractivity (Wildman–Crippen MR) is 113 cm³/mol. The van der Waals surface area contributed by atoms with E-state index in [1.807, 2.05) is 30.3 Å². The highest BCUT2D eigenvalue weighted by molar-refractivity contribution is 6.30. The summed E-state index contributed by atoms with van der Waals surface area (Å²) in [5, 5.41) is 20.3. The lowest BCUT2D eigenvalue weighted by molar-refractivity contribution is 0.0933. The number of halogens is 1. The van der Waals surface area contributed by atoms with Gasteiger partial charge in [-0.1, -0.05) is 29.8 Å². The summed E-state index contributed by atoms with van der Waals surface area (Å²) in [6.07, 6.45) is 1.88. The molecule has 2 aromatic carbocycles. The van der Waals surface area contributed by atoms with Gasteiger partial charge in [0.05, 0.1) is 17.3 Å². The number of carbonyl (C=O) groups excluding carboxylic acids is 1. The number of hydrogen-bond donors (Lipinski definition) is 2. The van der Waals surface area contributed by atoms with Gasteiger partial charge in [0.1, 0.15) is 0 Å². The molecule has 1 fully saturated rings. The highest BCUT2D eigenvalue weighted by Crippen LogP contribution is 2.25. The van der Waals surface area contributed by atoms with E-state index in [1.54, 1.807) is 24.3 Å². The van der Waals surface area contributed by atoms with E-state index in [0.717, 1.165) is 36.5 Å². The molecule has 1 amide bonds. The van der Waals surface area contributed by atoms with E-state index >= 15 is 0 Å². The Morgan fingerprint density at radius 2 is 2.07 bits per heavy atom. The largest absolute Gasteiger partial charge is 0.353 e. The third-order valence-electron chi connectivity index (χ3n) is 5.05. The first-order valence-electron chi connectivity index (χ1n) is 9.50. The van der Waals surface area contributed by atoms with Crippen LogP contribution in [0.4, 0.5) is 5.82 Å². The van der Waals surface area contributed by atoms with Crippen molar-refractivity contribution in [1.82, 2.24) is 15.5 Å². The van der Waals surface area contributed by atoms with Gasteiger partial charge < -0.3 is 10.2 Å². The molecular formula is C22H20ClN5O. The number of benzene rings is 2. The minimum atomic E-state index is -0.155. The highest BCUT2D eigenvalue weighted by Gasteiger charge is 2.23. The third-order valence-corrected chi connectivity index (χ3v) is 5.31. The van der Waals surface area contributed by atoms with Crippen LogP contribution in [-0.2, 0) is 0 Å². The molecule has 1 aliphatic heterocycles. The third kappa shape index (κ3) is 4.41. The summed E-state index contributed by atoms with van der Waals surface area (Å²) in [4.78, 5) is 14.7. The van der Waals surface area contributed by atoms with Crippen molar-refractivity contribution in [1.29, 1.82) is 5.26 Å². The van der Waals surface area contributed by atoms with Crippen molar-refractivity contribution < 1.29 is 4.79 Å². The van der Waals surface area contributed by atoms with Crippen molar-refractivity contribution in [2.24, 2.45) is 0 Å². The van der Waals surface area contributed by atoms with Crippen molar-refractivity contribution in [3.63, 3.8) is 0 Å². The van der Waals surface area contributed by atoms with E-state index in [4.69, 9.17) is 16.9 Å². The molecule has 0 aliphatic carbocycles. The van der Waals surface area contributed by atoms with Crippen LogP contribution in [0.1, 0.15) is 28.8 Å². The normalized spacial score (nSPS) is 16.3. The fourth-order valence-corrected chi connectivity index (χ4v) is 3.68. The van der Waals surface area contributed by atoms with Gasteiger partial charge in [0, 0.05) is 35.8 Å². The van der Waals surface area contributed by atoms with Gasteiger partial charge in [-0.05, 0) is 48.7 Å². The van der Waals surface area contributed by atoms with Crippen LogP contribution in [0, 0.1) is 11.3 Å². The van der Waals surface area contributed by atoms with Gasteiger partial charge in [-0.2, -0.15) is 10.4 Å². The van der Waals surface area contributed by atoms with Gasteiger partial charge in [0.2, 0.25) is 0 Å². The Bertz CT molecular complexity index is 1050. The Hall–Kier alpha value is -3.30. The van der Waals surface area contributed by atoms with Crippen molar-refractivity contribution >= 4 is 23.3 Å². The molecule has 4 rings (SSSR count). The number of nitrogens with zero attached hydrogens (tertiary/aromatic N) is 3. The second-order valence-electron chi connectivity index (χ2n) is 7.10. The molecule has 0 spiro atoms. The Kier molecular flexibility index (Phi) is 5.50. The second-order valence-corrected chi connectivity index (χ2v) is 7.53. The maximum Gasteiger partial charge on any atom is 0.251 e. The van der Waals surface area contributed by atoms with E-state index < -0.39 is 0 Å². The number of anilines is 1. The van der Waals surface area contributed by atoms with Gasteiger partial charge in [-0.15, -0.1) is 0 Å². The average molecular weight is 406 g/mol. The number of piperidine rings is 1. The number of amides is 1. The maximum absolute atomic E-state index is 12.6. The first-order chi connectivity index (χ1) is 14.1. The molecule has 1 saturated heterocycles. The molecule has 7 heteroatoms. The number of nitriles is 1. The zero-order valence-corrected chi connectivity index (χ0v) is 16.5. The molecule has 0 radical (unpaired) electrons. The number of carbonyl (C=O) groups is 1. The number of aromatic amines is 1. The monoisotopic (exact) mass is 405 g/mol. The predicted octanol–water partition coefficient (Wildman–Crippen LogP) is 4.00. The summed E-state index contributed by atoms with van der Waals surface area (Å²) in [6, 6.07) is 18.5. The summed E-state index contributed by atoms with van der Waals surface area (Å²) in [5.74, 6) is 0.707. The second kappa shape index (κ2) is 8.38. The van der Waals surface area contributed by atoms with E-state index in [-0.39, 0.29) is 11.9 Å². The smallest absolute Gasteiger partial charge is 0.251 e. The van der Waals surface area contributed by atoms with Gasteiger partial charge in [-0.3, -0.25) is 9.89 Å². The number of aromatic nitrogens is 2. The minimum Gasteiger partial charge on any atom is -0.353 e. The number of hydrogen-bond acceptors (Lipinski definition) is 4. The molecule has 2 heterocycles. The van der Waals surface area contributed by atoms with Crippen LogP contribution in [0.3, 0.4) is 0 Å². The number of H-pyrrole nitrogens is 1. The van der Waals surface area contributed by atoms with Gasteiger partial charge in [0.15, 0.2) is 5.82 Å². The summed E-state index contributed by atoms with van der Waals surface area (Å²) < 4.78 is 0. The molecule has 1 atom stereocenters. The number of rotatable bonds is 4. The van der Waals surface area contributed by atoms with Crippen LogP contribution in [-0.4, -0.2) is 35.2 Å². The molecule has 0 saturated carbocycles. The van der Waals surface area contributed by atoms with Crippen molar-refractivity contribution in [3.05, 3.63) is 70.7 Å². The molecule has 1 aromatic heterocycles. The molecule has 146 valence electrons. The Morgan fingerprint density at radius 3 is 2.86 bits per heavy atom. The Morgan fingerprint density at radius 1 is 1.24 bits per heavy atom. The molecule has 6 nitrogen and oxygen atoms in total. The van der Waals surface area contributed by atoms with Crippen LogP contribution in [0.25, 0.3) is 11.3 Å². The van der Waals surface area contributed by atoms with Crippen LogP contribution < -0.4 is 10.2 Å². The van der Waals surface area contributed by atoms with Crippen molar-refractivity contribution in [3.8, 4) is 17.3 Å².